The highest BCUT2D eigenvalue weighted by Gasteiger charge is 2.29. The molecule has 2 aromatic carbocycles. The van der Waals surface area contributed by atoms with Gasteiger partial charge in [0.25, 0.3) is 0 Å². The van der Waals surface area contributed by atoms with Crippen molar-refractivity contribution in [3.05, 3.63) is 71.3 Å². The third-order valence-electron chi connectivity index (χ3n) is 7.30. The van der Waals surface area contributed by atoms with Gasteiger partial charge in [0.1, 0.15) is 12.4 Å². The lowest BCUT2D eigenvalue weighted by molar-refractivity contribution is -0.142. The maximum Gasteiger partial charge on any atom is 0.413 e. The standard InChI is InChI=1S/C28H34N4O5/c29-25(31-28(36)37-18-19-4-2-1-3-5-19)22-8-6-20(7-9-22)21-14-16-32(17-15-21)27(35)30-24-12-10-23(11-13-24)26(33)34/h1-9,21,23-24H,10-18H2,(H,30,35)(H,33,34)(H2,29,31,36). The van der Waals surface area contributed by atoms with Crippen LogP contribution in [0, 0.1) is 11.3 Å². The number of amides is 3. The van der Waals surface area contributed by atoms with Gasteiger partial charge >= 0.3 is 18.1 Å². The van der Waals surface area contributed by atoms with Gasteiger partial charge < -0.3 is 20.1 Å². The first kappa shape index (κ1) is 26.2. The minimum atomic E-state index is -0.741. The van der Waals surface area contributed by atoms with E-state index in [1.807, 2.05) is 59.5 Å². The number of alkyl carbamates (subject to hydrolysis) is 1. The summed E-state index contributed by atoms with van der Waals surface area (Å²) in [6.07, 6.45) is 3.67. The normalized spacial score (nSPS) is 20.1. The highest BCUT2D eigenvalue weighted by Crippen LogP contribution is 2.29. The molecular weight excluding hydrogens is 472 g/mol. The first-order chi connectivity index (χ1) is 17.9. The summed E-state index contributed by atoms with van der Waals surface area (Å²) in [6.45, 7) is 1.46. The largest absolute Gasteiger partial charge is 0.481 e. The van der Waals surface area contributed by atoms with Crippen molar-refractivity contribution in [2.45, 2.75) is 57.1 Å². The molecule has 2 aliphatic rings. The van der Waals surface area contributed by atoms with Gasteiger partial charge in [-0.05, 0) is 55.6 Å². The van der Waals surface area contributed by atoms with Crippen LogP contribution < -0.4 is 10.6 Å². The van der Waals surface area contributed by atoms with Crippen LogP contribution in [0.15, 0.2) is 54.6 Å². The molecule has 0 aromatic heterocycles. The van der Waals surface area contributed by atoms with Crippen LogP contribution in [0.3, 0.4) is 0 Å². The number of carbonyl (C=O) groups excluding carboxylic acids is 2. The predicted octanol–water partition coefficient (Wildman–Crippen LogP) is 4.47. The molecule has 9 heteroatoms. The van der Waals surface area contributed by atoms with Gasteiger partial charge in [0.05, 0.1) is 5.92 Å². The fourth-order valence-electron chi connectivity index (χ4n) is 5.02. The SMILES string of the molecule is N=C(NC(=O)OCc1ccccc1)c1ccc(C2CCN(C(=O)NC3CCC(C(=O)O)CC3)CC2)cc1. The van der Waals surface area contributed by atoms with Crippen LogP contribution >= 0.6 is 0 Å². The molecule has 0 radical (unpaired) electrons. The molecule has 1 heterocycles. The second-order valence-electron chi connectivity index (χ2n) is 9.78. The molecule has 4 rings (SSSR count). The fourth-order valence-corrected chi connectivity index (χ4v) is 5.02. The van der Waals surface area contributed by atoms with Gasteiger partial charge in [0, 0.05) is 24.7 Å². The summed E-state index contributed by atoms with van der Waals surface area (Å²) < 4.78 is 5.18. The number of amidine groups is 1. The third kappa shape index (κ3) is 7.31. The highest BCUT2D eigenvalue weighted by atomic mass is 16.5. The quantitative estimate of drug-likeness (QED) is 0.339. The number of piperidine rings is 1. The van der Waals surface area contributed by atoms with Gasteiger partial charge in [0.2, 0.25) is 0 Å². The average molecular weight is 507 g/mol. The average Bonchev–Trinajstić information content (AvgIpc) is 2.93. The Kier molecular flexibility index (Phi) is 8.77. The summed E-state index contributed by atoms with van der Waals surface area (Å²) >= 11 is 0. The van der Waals surface area contributed by atoms with Gasteiger partial charge in [-0.25, -0.2) is 9.59 Å². The van der Waals surface area contributed by atoms with Crippen molar-refractivity contribution >= 4 is 23.9 Å². The molecule has 196 valence electrons. The second kappa shape index (κ2) is 12.4. The minimum Gasteiger partial charge on any atom is -0.481 e. The van der Waals surface area contributed by atoms with Crippen LogP contribution in [0.4, 0.5) is 9.59 Å². The van der Waals surface area contributed by atoms with Crippen molar-refractivity contribution in [1.29, 1.82) is 5.41 Å². The molecule has 1 aliphatic carbocycles. The molecule has 0 spiro atoms. The van der Waals surface area contributed by atoms with Gasteiger partial charge in [0.15, 0.2) is 0 Å². The maximum absolute atomic E-state index is 12.7. The number of carboxylic acids is 1. The van der Waals surface area contributed by atoms with Crippen LogP contribution in [0.25, 0.3) is 0 Å². The Bertz CT molecular complexity index is 1090. The molecule has 4 N–H and O–H groups in total. The number of nitrogens with one attached hydrogen (secondary N) is 3. The molecule has 1 saturated heterocycles. The first-order valence-corrected chi connectivity index (χ1v) is 12.8. The van der Waals surface area contributed by atoms with Crippen molar-refractivity contribution in [1.82, 2.24) is 15.5 Å². The van der Waals surface area contributed by atoms with Gasteiger partial charge in [-0.2, -0.15) is 0 Å². The number of likely N-dealkylation sites (tertiary alicyclic amines) is 1. The molecule has 9 nitrogen and oxygen atoms in total. The summed E-state index contributed by atoms with van der Waals surface area (Å²) in [5.74, 6) is -0.729. The molecule has 0 atom stereocenters. The zero-order chi connectivity index (χ0) is 26.2. The van der Waals surface area contributed by atoms with Crippen LogP contribution in [-0.2, 0) is 16.1 Å². The van der Waals surface area contributed by atoms with Crippen LogP contribution in [0.1, 0.15) is 61.1 Å². The van der Waals surface area contributed by atoms with E-state index in [-0.39, 0.29) is 30.4 Å². The van der Waals surface area contributed by atoms with E-state index < -0.39 is 12.1 Å². The maximum atomic E-state index is 12.7. The molecular formula is C28H34N4O5. The molecule has 2 aromatic rings. The lowest BCUT2D eigenvalue weighted by atomic mass is 9.86. The fraction of sp³-hybridized carbons (Fsp3) is 0.429. The number of nitrogens with zero attached hydrogens (tertiary/aromatic N) is 1. The summed E-state index contributed by atoms with van der Waals surface area (Å²) in [7, 11) is 0. The van der Waals surface area contributed by atoms with E-state index in [9.17, 15) is 14.4 Å². The number of hydrogen-bond acceptors (Lipinski definition) is 5. The molecule has 1 saturated carbocycles. The topological polar surface area (TPSA) is 132 Å². The Balaban J connectivity index is 1.19. The Hall–Kier alpha value is -3.88. The number of ether oxygens (including phenoxy) is 1. The smallest absolute Gasteiger partial charge is 0.413 e. The van der Waals surface area contributed by atoms with E-state index >= 15 is 0 Å². The zero-order valence-corrected chi connectivity index (χ0v) is 20.8. The third-order valence-corrected chi connectivity index (χ3v) is 7.30. The van der Waals surface area contributed by atoms with E-state index in [1.165, 1.54) is 0 Å². The number of carbonyl (C=O) groups is 3. The Morgan fingerprint density at radius 3 is 2.19 bits per heavy atom. The summed E-state index contributed by atoms with van der Waals surface area (Å²) in [5, 5.41) is 22.9. The number of hydrogen-bond donors (Lipinski definition) is 4. The number of carboxylic acid groups (broad SMARTS) is 1. The Labute approximate surface area is 216 Å². The van der Waals surface area contributed by atoms with Crippen molar-refractivity contribution in [2.24, 2.45) is 5.92 Å². The Morgan fingerprint density at radius 2 is 1.57 bits per heavy atom. The molecule has 2 fully saturated rings. The highest BCUT2D eigenvalue weighted by molar-refractivity contribution is 6.04. The number of aliphatic carboxylic acids is 1. The zero-order valence-electron chi connectivity index (χ0n) is 20.8. The van der Waals surface area contributed by atoms with Gasteiger partial charge in [-0.1, -0.05) is 54.6 Å². The van der Waals surface area contributed by atoms with Crippen LogP contribution in [0.5, 0.6) is 0 Å². The minimum absolute atomic E-state index is 0.0199. The number of rotatable bonds is 6. The van der Waals surface area contributed by atoms with E-state index in [2.05, 4.69) is 10.6 Å². The molecule has 0 unspecified atom stereocenters. The molecule has 37 heavy (non-hydrogen) atoms. The van der Waals surface area contributed by atoms with Crippen LogP contribution in [0.2, 0.25) is 0 Å². The van der Waals surface area contributed by atoms with Gasteiger partial charge in [-0.15, -0.1) is 0 Å². The Morgan fingerprint density at radius 1 is 0.919 bits per heavy atom. The monoisotopic (exact) mass is 506 g/mol. The van der Waals surface area contributed by atoms with E-state index in [0.29, 0.717) is 50.3 Å². The van der Waals surface area contributed by atoms with E-state index in [0.717, 1.165) is 24.0 Å². The van der Waals surface area contributed by atoms with Crippen molar-refractivity contribution in [3.63, 3.8) is 0 Å². The lowest BCUT2D eigenvalue weighted by Gasteiger charge is -2.34. The lowest BCUT2D eigenvalue weighted by Crippen LogP contribution is -2.48. The molecule has 0 bridgehead atoms. The van der Waals surface area contributed by atoms with Gasteiger partial charge in [-0.3, -0.25) is 15.5 Å². The van der Waals surface area contributed by atoms with E-state index in [4.69, 9.17) is 15.3 Å². The summed E-state index contributed by atoms with van der Waals surface area (Å²) in [5.41, 5.74) is 2.62. The summed E-state index contributed by atoms with van der Waals surface area (Å²) in [4.78, 5) is 37.7. The number of benzene rings is 2. The predicted molar refractivity (Wildman–Crippen MR) is 138 cm³/mol. The van der Waals surface area contributed by atoms with Crippen molar-refractivity contribution in [3.8, 4) is 0 Å². The first-order valence-electron chi connectivity index (χ1n) is 12.8. The van der Waals surface area contributed by atoms with Crippen LogP contribution in [-0.4, -0.2) is 53.1 Å². The molecule has 3 amide bonds. The van der Waals surface area contributed by atoms with Crippen molar-refractivity contribution < 1.29 is 24.2 Å². The van der Waals surface area contributed by atoms with E-state index in [1.54, 1.807) is 0 Å². The van der Waals surface area contributed by atoms with Crippen molar-refractivity contribution in [2.75, 3.05) is 13.1 Å². The second-order valence-corrected chi connectivity index (χ2v) is 9.78. The number of urea groups is 1. The molecule has 1 aliphatic heterocycles. The summed E-state index contributed by atoms with van der Waals surface area (Å²) in [6, 6.07) is 16.9.